The maximum absolute atomic E-state index is 12.2. The third-order valence-electron chi connectivity index (χ3n) is 3.49. The van der Waals surface area contributed by atoms with Gasteiger partial charge in [0.1, 0.15) is 5.15 Å². The highest BCUT2D eigenvalue weighted by atomic mass is 35.5. The summed E-state index contributed by atoms with van der Waals surface area (Å²) in [5, 5.41) is 3.16. The number of halogens is 1. The number of nitrogens with one attached hydrogen (secondary N) is 1. The van der Waals surface area contributed by atoms with Gasteiger partial charge in [-0.05, 0) is 30.0 Å². The summed E-state index contributed by atoms with van der Waals surface area (Å²) in [6.45, 7) is 0. The average molecular weight is 288 g/mol. The van der Waals surface area contributed by atoms with Crippen molar-refractivity contribution >= 4 is 23.2 Å². The van der Waals surface area contributed by atoms with Gasteiger partial charge in [-0.2, -0.15) is 0 Å². The lowest BCUT2D eigenvalue weighted by molar-refractivity contribution is 0.0938. The first-order chi connectivity index (χ1) is 9.63. The molecule has 1 amide bonds. The van der Waals surface area contributed by atoms with Gasteiger partial charge in [-0.1, -0.05) is 35.9 Å². The number of aromatic nitrogens is 1. The fraction of sp³-hybridized carbons (Fsp3) is 0.200. The topological polar surface area (TPSA) is 68.0 Å². The minimum atomic E-state index is -0.229. The minimum absolute atomic E-state index is 0.0948. The van der Waals surface area contributed by atoms with Crippen LogP contribution in [0.25, 0.3) is 0 Å². The summed E-state index contributed by atoms with van der Waals surface area (Å²) in [4.78, 5) is 16.1. The Morgan fingerprint density at radius 2 is 1.95 bits per heavy atom. The average Bonchev–Trinajstić information content (AvgIpc) is 2.83. The molecule has 0 unspecified atom stereocenters. The van der Waals surface area contributed by atoms with E-state index in [2.05, 4.69) is 22.4 Å². The molecular formula is C15H14ClN3O. The number of fused-ring (bicyclic) bond motifs is 1. The van der Waals surface area contributed by atoms with Gasteiger partial charge in [0.15, 0.2) is 0 Å². The van der Waals surface area contributed by atoms with Crippen molar-refractivity contribution in [1.82, 2.24) is 10.3 Å². The van der Waals surface area contributed by atoms with Crippen LogP contribution in [0.3, 0.4) is 0 Å². The number of benzene rings is 1. The van der Waals surface area contributed by atoms with Crippen LogP contribution in [-0.2, 0) is 12.8 Å². The molecule has 3 rings (SSSR count). The van der Waals surface area contributed by atoms with Crippen LogP contribution in [-0.4, -0.2) is 16.9 Å². The molecular weight excluding hydrogens is 274 g/mol. The number of carbonyl (C=O) groups is 1. The predicted octanol–water partition coefficient (Wildman–Crippen LogP) is 2.21. The molecule has 0 spiro atoms. The number of hydrogen-bond donors (Lipinski definition) is 2. The number of nitrogens with two attached hydrogens (primary N) is 1. The van der Waals surface area contributed by atoms with Gasteiger partial charge >= 0.3 is 0 Å². The summed E-state index contributed by atoms with van der Waals surface area (Å²) in [5.74, 6) is -0.229. The molecule has 0 saturated carbocycles. The van der Waals surface area contributed by atoms with E-state index in [-0.39, 0.29) is 17.1 Å². The molecule has 20 heavy (non-hydrogen) atoms. The van der Waals surface area contributed by atoms with Crippen LogP contribution in [0.15, 0.2) is 36.5 Å². The maximum atomic E-state index is 12.2. The van der Waals surface area contributed by atoms with Crippen molar-refractivity contribution in [3.8, 4) is 0 Å². The quantitative estimate of drug-likeness (QED) is 0.832. The Balaban J connectivity index is 1.74. The zero-order valence-electron chi connectivity index (χ0n) is 10.8. The molecule has 0 radical (unpaired) electrons. The minimum Gasteiger partial charge on any atom is -0.397 e. The van der Waals surface area contributed by atoms with E-state index in [1.54, 1.807) is 6.07 Å². The Hall–Kier alpha value is -2.07. The lowest BCUT2D eigenvalue weighted by atomic mass is 10.1. The second-order valence-corrected chi connectivity index (χ2v) is 5.31. The van der Waals surface area contributed by atoms with Crippen molar-refractivity contribution in [1.29, 1.82) is 0 Å². The predicted molar refractivity (Wildman–Crippen MR) is 78.8 cm³/mol. The number of amides is 1. The van der Waals surface area contributed by atoms with Gasteiger partial charge in [-0.3, -0.25) is 4.79 Å². The molecule has 102 valence electrons. The van der Waals surface area contributed by atoms with Crippen LogP contribution in [0.4, 0.5) is 5.69 Å². The smallest absolute Gasteiger partial charge is 0.254 e. The molecule has 4 nitrogen and oxygen atoms in total. The Kier molecular flexibility index (Phi) is 3.32. The van der Waals surface area contributed by atoms with E-state index < -0.39 is 0 Å². The molecule has 1 heterocycles. The fourth-order valence-corrected chi connectivity index (χ4v) is 2.74. The summed E-state index contributed by atoms with van der Waals surface area (Å²) < 4.78 is 0. The molecule has 5 heteroatoms. The molecule has 0 aliphatic heterocycles. The Morgan fingerprint density at radius 1 is 1.30 bits per heavy atom. The summed E-state index contributed by atoms with van der Waals surface area (Å²) >= 11 is 5.94. The number of pyridine rings is 1. The van der Waals surface area contributed by atoms with Crippen LogP contribution >= 0.6 is 11.6 Å². The normalized spacial score (nSPS) is 14.1. The number of hydrogen-bond acceptors (Lipinski definition) is 3. The number of rotatable bonds is 2. The van der Waals surface area contributed by atoms with Crippen molar-refractivity contribution in [3.63, 3.8) is 0 Å². The fourth-order valence-electron chi connectivity index (χ4n) is 2.55. The van der Waals surface area contributed by atoms with Crippen molar-refractivity contribution < 1.29 is 4.79 Å². The van der Waals surface area contributed by atoms with Crippen molar-refractivity contribution in [2.24, 2.45) is 0 Å². The lowest BCUT2D eigenvalue weighted by Crippen LogP contribution is -2.35. The second-order valence-electron chi connectivity index (χ2n) is 4.95. The molecule has 0 saturated heterocycles. The van der Waals surface area contributed by atoms with E-state index in [9.17, 15) is 4.79 Å². The van der Waals surface area contributed by atoms with Gasteiger partial charge in [-0.15, -0.1) is 0 Å². The highest BCUT2D eigenvalue weighted by molar-refractivity contribution is 6.32. The molecule has 3 N–H and O–H groups in total. The Bertz CT molecular complexity index is 647. The molecule has 2 aromatic rings. The first-order valence-electron chi connectivity index (χ1n) is 6.42. The van der Waals surface area contributed by atoms with Crippen molar-refractivity contribution in [3.05, 3.63) is 58.4 Å². The van der Waals surface area contributed by atoms with Crippen molar-refractivity contribution in [2.75, 3.05) is 5.73 Å². The number of nitrogens with zero attached hydrogens (tertiary/aromatic N) is 1. The molecule has 1 aliphatic rings. The van der Waals surface area contributed by atoms with Crippen LogP contribution < -0.4 is 11.1 Å². The zero-order chi connectivity index (χ0) is 14.1. The highest BCUT2D eigenvalue weighted by Gasteiger charge is 2.23. The number of nitrogen functional groups attached to an aromatic ring is 1. The third kappa shape index (κ3) is 2.47. The molecule has 0 fully saturated rings. The van der Waals surface area contributed by atoms with E-state index in [0.29, 0.717) is 11.3 Å². The van der Waals surface area contributed by atoms with E-state index in [1.165, 1.54) is 17.3 Å². The van der Waals surface area contributed by atoms with E-state index >= 15 is 0 Å². The lowest BCUT2D eigenvalue weighted by Gasteiger charge is -2.12. The van der Waals surface area contributed by atoms with Gasteiger partial charge in [0.05, 0.1) is 17.4 Å². The summed E-state index contributed by atoms with van der Waals surface area (Å²) in [6.07, 6.45) is 3.12. The first-order valence-corrected chi connectivity index (χ1v) is 6.80. The zero-order valence-corrected chi connectivity index (χ0v) is 11.5. The number of carbonyl (C=O) groups excluding carboxylic acids is 1. The summed E-state index contributed by atoms with van der Waals surface area (Å²) in [5.41, 5.74) is 8.96. The van der Waals surface area contributed by atoms with Crippen LogP contribution in [0, 0.1) is 0 Å². The maximum Gasteiger partial charge on any atom is 0.254 e. The van der Waals surface area contributed by atoms with E-state index in [4.69, 9.17) is 17.3 Å². The monoisotopic (exact) mass is 287 g/mol. The van der Waals surface area contributed by atoms with Crippen molar-refractivity contribution in [2.45, 2.75) is 18.9 Å². The van der Waals surface area contributed by atoms with Gasteiger partial charge < -0.3 is 11.1 Å². The summed E-state index contributed by atoms with van der Waals surface area (Å²) in [6, 6.07) is 9.86. The Morgan fingerprint density at radius 3 is 2.60 bits per heavy atom. The largest absolute Gasteiger partial charge is 0.397 e. The molecule has 0 atom stereocenters. The molecule has 1 aromatic heterocycles. The SMILES string of the molecule is Nc1cnc(Cl)c(C(=O)NC2Cc3ccccc3C2)c1. The molecule has 1 aromatic carbocycles. The van der Waals surface area contributed by atoms with Gasteiger partial charge in [-0.25, -0.2) is 4.98 Å². The van der Waals surface area contributed by atoms with Crippen LogP contribution in [0.5, 0.6) is 0 Å². The third-order valence-corrected chi connectivity index (χ3v) is 3.79. The molecule has 0 bridgehead atoms. The van der Waals surface area contributed by atoms with Gasteiger partial charge in [0.2, 0.25) is 0 Å². The van der Waals surface area contributed by atoms with Crippen LogP contribution in [0.1, 0.15) is 21.5 Å². The summed E-state index contributed by atoms with van der Waals surface area (Å²) in [7, 11) is 0. The van der Waals surface area contributed by atoms with E-state index in [0.717, 1.165) is 12.8 Å². The number of anilines is 1. The van der Waals surface area contributed by atoms with Crippen LogP contribution in [0.2, 0.25) is 5.15 Å². The van der Waals surface area contributed by atoms with E-state index in [1.807, 2.05) is 12.1 Å². The Labute approximate surface area is 122 Å². The van der Waals surface area contributed by atoms with Gasteiger partial charge in [0.25, 0.3) is 5.91 Å². The molecule has 1 aliphatic carbocycles. The van der Waals surface area contributed by atoms with Gasteiger partial charge in [0, 0.05) is 6.04 Å². The standard InChI is InChI=1S/C15H14ClN3O/c16-14-13(7-11(17)8-18-14)15(20)19-12-5-9-3-1-2-4-10(9)6-12/h1-4,7-8,12H,5-6,17H2,(H,19,20). The second kappa shape index (κ2) is 5.13. The highest BCUT2D eigenvalue weighted by Crippen LogP contribution is 2.22. The first kappa shape index (κ1) is 12.9.